The van der Waals surface area contributed by atoms with Crippen molar-refractivity contribution in [1.29, 1.82) is 0 Å². The fourth-order valence-electron chi connectivity index (χ4n) is 8.17. The summed E-state index contributed by atoms with van der Waals surface area (Å²) in [6.45, 7) is 6.60. The summed E-state index contributed by atoms with van der Waals surface area (Å²) in [6, 6.07) is 0. The smallest absolute Gasteiger partial charge is 0.306 e. The van der Waals surface area contributed by atoms with Gasteiger partial charge in [-0.25, -0.2) is 0 Å². The van der Waals surface area contributed by atoms with Gasteiger partial charge in [-0.1, -0.05) is 223 Å². The van der Waals surface area contributed by atoms with Crippen LogP contribution in [0.1, 0.15) is 297 Å². The Morgan fingerprint density at radius 2 is 0.545 bits per heavy atom. The van der Waals surface area contributed by atoms with Crippen molar-refractivity contribution in [2.75, 3.05) is 13.2 Å². The van der Waals surface area contributed by atoms with Gasteiger partial charge in [0.2, 0.25) is 0 Å². The zero-order chi connectivity index (χ0) is 47.9. The maximum absolute atomic E-state index is 12.8. The highest BCUT2D eigenvalue weighted by Crippen LogP contribution is 2.15. The van der Waals surface area contributed by atoms with E-state index in [-0.39, 0.29) is 31.1 Å². The van der Waals surface area contributed by atoms with Crippen molar-refractivity contribution in [3.8, 4) is 0 Å². The summed E-state index contributed by atoms with van der Waals surface area (Å²) in [6.07, 6.45) is 66.7. The Balaban J connectivity index is 4.34. The molecule has 0 aliphatic heterocycles. The van der Waals surface area contributed by atoms with Crippen molar-refractivity contribution >= 4 is 17.9 Å². The Morgan fingerprint density at radius 3 is 0.879 bits per heavy atom. The Bertz CT molecular complexity index is 1150. The van der Waals surface area contributed by atoms with E-state index in [1.165, 1.54) is 186 Å². The van der Waals surface area contributed by atoms with Crippen LogP contribution < -0.4 is 0 Å². The second-order valence-corrected chi connectivity index (χ2v) is 19.2. The molecule has 384 valence electrons. The van der Waals surface area contributed by atoms with Gasteiger partial charge in [0.15, 0.2) is 6.10 Å². The quantitative estimate of drug-likeness (QED) is 0.0262. The van der Waals surface area contributed by atoms with Crippen LogP contribution in [-0.2, 0) is 28.6 Å². The second-order valence-electron chi connectivity index (χ2n) is 19.2. The molecule has 0 heterocycles. The van der Waals surface area contributed by atoms with Crippen molar-refractivity contribution < 1.29 is 28.6 Å². The third-order valence-corrected chi connectivity index (χ3v) is 12.5. The first kappa shape index (κ1) is 63.4. The summed E-state index contributed by atoms with van der Waals surface area (Å²) in [7, 11) is 0. The first-order valence-electron chi connectivity index (χ1n) is 28.6. The van der Waals surface area contributed by atoms with E-state index in [1.807, 2.05) is 0 Å². The lowest BCUT2D eigenvalue weighted by molar-refractivity contribution is -0.167. The average molecular weight is 926 g/mol. The summed E-state index contributed by atoms with van der Waals surface area (Å²) >= 11 is 0. The normalized spacial score (nSPS) is 12.3. The third-order valence-electron chi connectivity index (χ3n) is 12.5. The Kier molecular flexibility index (Phi) is 52.8. The largest absolute Gasteiger partial charge is 0.462 e. The Morgan fingerprint density at radius 1 is 0.303 bits per heavy atom. The van der Waals surface area contributed by atoms with Gasteiger partial charge in [-0.15, -0.1) is 0 Å². The SMILES string of the molecule is CCCCC/C=C\C/C=C\CCCCCCCCCCCC(=O)OC[C@@H](COC(=O)CCCCCCC/C=C\CCCCC)OC(=O)CCCCCCCCC/C=C\CCCCCCCC. The lowest BCUT2D eigenvalue weighted by Gasteiger charge is -2.18. The molecule has 0 aromatic carbocycles. The molecule has 6 nitrogen and oxygen atoms in total. The molecule has 0 rings (SSSR count). The van der Waals surface area contributed by atoms with Crippen LogP contribution >= 0.6 is 0 Å². The van der Waals surface area contributed by atoms with Crippen molar-refractivity contribution in [2.24, 2.45) is 0 Å². The molecule has 0 bridgehead atoms. The number of hydrogen-bond donors (Lipinski definition) is 0. The molecular formula is C60H108O6. The van der Waals surface area contributed by atoms with Gasteiger partial charge in [-0.05, 0) is 103 Å². The van der Waals surface area contributed by atoms with Crippen molar-refractivity contribution in [1.82, 2.24) is 0 Å². The fourth-order valence-corrected chi connectivity index (χ4v) is 8.17. The topological polar surface area (TPSA) is 78.9 Å². The van der Waals surface area contributed by atoms with E-state index in [4.69, 9.17) is 14.2 Å². The van der Waals surface area contributed by atoms with Crippen LogP contribution in [0.3, 0.4) is 0 Å². The van der Waals surface area contributed by atoms with E-state index in [9.17, 15) is 14.4 Å². The first-order chi connectivity index (χ1) is 32.5. The van der Waals surface area contributed by atoms with Crippen molar-refractivity contribution in [3.05, 3.63) is 48.6 Å². The summed E-state index contributed by atoms with van der Waals surface area (Å²) < 4.78 is 16.9. The van der Waals surface area contributed by atoms with Crippen LogP contribution in [0.4, 0.5) is 0 Å². The Labute approximate surface area is 409 Å². The lowest BCUT2D eigenvalue weighted by Crippen LogP contribution is -2.30. The summed E-state index contributed by atoms with van der Waals surface area (Å²) in [5, 5.41) is 0. The highest BCUT2D eigenvalue weighted by Gasteiger charge is 2.19. The van der Waals surface area contributed by atoms with Crippen LogP contribution in [0.2, 0.25) is 0 Å². The monoisotopic (exact) mass is 925 g/mol. The van der Waals surface area contributed by atoms with E-state index in [1.54, 1.807) is 0 Å². The molecule has 0 aromatic rings. The fraction of sp³-hybridized carbons (Fsp3) is 0.817. The molecule has 0 aliphatic rings. The zero-order valence-electron chi connectivity index (χ0n) is 44.0. The molecule has 0 fully saturated rings. The molecule has 0 spiro atoms. The van der Waals surface area contributed by atoms with E-state index in [0.717, 1.165) is 70.6 Å². The van der Waals surface area contributed by atoms with Crippen LogP contribution in [-0.4, -0.2) is 37.2 Å². The first-order valence-corrected chi connectivity index (χ1v) is 28.6. The molecule has 0 aromatic heterocycles. The van der Waals surface area contributed by atoms with Crippen molar-refractivity contribution in [3.63, 3.8) is 0 Å². The number of esters is 3. The van der Waals surface area contributed by atoms with Crippen LogP contribution in [0.15, 0.2) is 48.6 Å². The van der Waals surface area contributed by atoms with Gasteiger partial charge in [0.1, 0.15) is 13.2 Å². The van der Waals surface area contributed by atoms with Gasteiger partial charge < -0.3 is 14.2 Å². The minimum Gasteiger partial charge on any atom is -0.462 e. The standard InChI is InChI=1S/C60H108O6/c1-4-7-10-13-16-19-22-25-27-29-30-32-33-35-38-41-44-47-50-53-59(62)65-56-57(55-64-58(61)52-49-46-43-40-37-24-21-18-15-12-9-6-3)66-60(63)54-51-48-45-42-39-36-34-31-28-26-23-20-17-14-11-8-5-2/h16,18-19,21,25-28,57H,4-15,17,20,22-24,29-56H2,1-3H3/b19-16-,21-18-,27-25-,28-26-/t57-/m1/s1. The van der Waals surface area contributed by atoms with Gasteiger partial charge >= 0.3 is 17.9 Å². The summed E-state index contributed by atoms with van der Waals surface area (Å²) in [5.74, 6) is -0.884. The molecule has 0 amide bonds. The van der Waals surface area contributed by atoms with Gasteiger partial charge in [-0.2, -0.15) is 0 Å². The van der Waals surface area contributed by atoms with Crippen LogP contribution in [0.5, 0.6) is 0 Å². The van der Waals surface area contributed by atoms with Crippen LogP contribution in [0.25, 0.3) is 0 Å². The molecule has 0 unspecified atom stereocenters. The predicted molar refractivity (Wildman–Crippen MR) is 284 cm³/mol. The van der Waals surface area contributed by atoms with Gasteiger partial charge in [-0.3, -0.25) is 14.4 Å². The lowest BCUT2D eigenvalue weighted by atomic mass is 10.1. The number of hydrogen-bond acceptors (Lipinski definition) is 6. The summed E-state index contributed by atoms with van der Waals surface area (Å²) in [5.41, 5.74) is 0. The molecular weight excluding hydrogens is 817 g/mol. The predicted octanol–water partition coefficient (Wildman–Crippen LogP) is 19.0. The van der Waals surface area contributed by atoms with Gasteiger partial charge in [0.05, 0.1) is 0 Å². The number of carbonyl (C=O) groups excluding carboxylic acids is 3. The minimum absolute atomic E-state index is 0.0783. The van der Waals surface area contributed by atoms with Gasteiger partial charge in [0, 0.05) is 19.3 Å². The maximum atomic E-state index is 12.8. The maximum Gasteiger partial charge on any atom is 0.306 e. The summed E-state index contributed by atoms with van der Waals surface area (Å²) in [4.78, 5) is 38.1. The second kappa shape index (κ2) is 55.0. The number of rotatable bonds is 52. The highest BCUT2D eigenvalue weighted by molar-refractivity contribution is 5.71. The zero-order valence-corrected chi connectivity index (χ0v) is 44.0. The molecule has 1 atom stereocenters. The highest BCUT2D eigenvalue weighted by atomic mass is 16.6. The van der Waals surface area contributed by atoms with E-state index in [2.05, 4.69) is 69.4 Å². The molecule has 0 saturated carbocycles. The van der Waals surface area contributed by atoms with E-state index < -0.39 is 6.10 Å². The number of carbonyl (C=O) groups is 3. The van der Waals surface area contributed by atoms with Gasteiger partial charge in [0.25, 0.3) is 0 Å². The molecule has 66 heavy (non-hydrogen) atoms. The molecule has 0 N–H and O–H groups in total. The molecule has 0 radical (unpaired) electrons. The number of unbranched alkanes of at least 4 members (excludes halogenated alkanes) is 33. The third kappa shape index (κ3) is 52.3. The van der Waals surface area contributed by atoms with Crippen LogP contribution in [0, 0.1) is 0 Å². The van der Waals surface area contributed by atoms with Crippen molar-refractivity contribution in [2.45, 2.75) is 303 Å². The number of ether oxygens (including phenoxy) is 3. The molecule has 0 aliphatic carbocycles. The Hall–Kier alpha value is -2.63. The average Bonchev–Trinajstić information content (AvgIpc) is 3.31. The number of allylic oxidation sites excluding steroid dienone is 8. The molecule has 0 saturated heterocycles. The minimum atomic E-state index is -0.779. The van der Waals surface area contributed by atoms with E-state index >= 15 is 0 Å². The molecule has 6 heteroatoms. The van der Waals surface area contributed by atoms with E-state index in [0.29, 0.717) is 19.3 Å².